The Kier molecular flexibility index (Phi) is 9.13. The van der Waals surface area contributed by atoms with Crippen LogP contribution < -0.4 is 16.8 Å². The van der Waals surface area contributed by atoms with Gasteiger partial charge in [0.05, 0.1) is 12.7 Å². The number of hydrogen-bond acceptors (Lipinski definition) is 6. The first-order valence-corrected chi connectivity index (χ1v) is 13.0. The SMILES string of the molecule is NC(=O)[C@H](Cc1ccccc1)NC(=O)[C@H](Cc1ccccc1)N1CN(C(=O)[C@@H](N)Cc2ccc(O)cc2)CC1=O. The molecule has 0 unspecified atom stereocenters. The zero-order valence-corrected chi connectivity index (χ0v) is 22.0. The molecule has 0 radical (unpaired) electrons. The number of phenolic OH excluding ortho intramolecular Hbond substituents is 1. The smallest absolute Gasteiger partial charge is 0.244 e. The van der Waals surface area contributed by atoms with E-state index in [4.69, 9.17) is 11.5 Å². The van der Waals surface area contributed by atoms with Crippen LogP contribution in [-0.4, -0.2) is 69.9 Å². The van der Waals surface area contributed by atoms with Crippen molar-refractivity contribution < 1.29 is 24.3 Å². The number of amides is 4. The predicted molar refractivity (Wildman–Crippen MR) is 148 cm³/mol. The number of carbonyl (C=O) groups excluding carboxylic acids is 4. The summed E-state index contributed by atoms with van der Waals surface area (Å²) in [5, 5.41) is 12.2. The normalized spacial score (nSPS) is 15.4. The quantitative estimate of drug-likeness (QED) is 0.279. The second-order valence-electron chi connectivity index (χ2n) is 9.88. The zero-order valence-electron chi connectivity index (χ0n) is 22.0. The van der Waals surface area contributed by atoms with Crippen molar-refractivity contribution in [2.75, 3.05) is 13.2 Å². The van der Waals surface area contributed by atoms with Gasteiger partial charge >= 0.3 is 0 Å². The van der Waals surface area contributed by atoms with E-state index in [2.05, 4.69) is 5.32 Å². The maximum Gasteiger partial charge on any atom is 0.244 e. The molecule has 1 heterocycles. The van der Waals surface area contributed by atoms with Gasteiger partial charge in [0.1, 0.15) is 24.4 Å². The van der Waals surface area contributed by atoms with Crippen LogP contribution in [0.3, 0.4) is 0 Å². The third-order valence-corrected chi connectivity index (χ3v) is 6.88. The summed E-state index contributed by atoms with van der Waals surface area (Å²) < 4.78 is 0. The van der Waals surface area contributed by atoms with Crippen molar-refractivity contribution in [2.45, 2.75) is 37.4 Å². The molecule has 6 N–H and O–H groups in total. The maximum absolute atomic E-state index is 13.6. The molecule has 1 aliphatic rings. The van der Waals surface area contributed by atoms with Crippen molar-refractivity contribution in [1.29, 1.82) is 0 Å². The van der Waals surface area contributed by atoms with Gasteiger partial charge in [0, 0.05) is 12.8 Å². The van der Waals surface area contributed by atoms with Crippen LogP contribution in [0.15, 0.2) is 84.9 Å². The van der Waals surface area contributed by atoms with Gasteiger partial charge in [-0.3, -0.25) is 19.2 Å². The molecule has 0 aromatic heterocycles. The fourth-order valence-corrected chi connectivity index (χ4v) is 4.72. The van der Waals surface area contributed by atoms with Crippen molar-refractivity contribution >= 4 is 23.6 Å². The van der Waals surface area contributed by atoms with Crippen LogP contribution in [0.1, 0.15) is 16.7 Å². The average Bonchev–Trinajstić information content (AvgIpc) is 3.34. The fraction of sp³-hybridized carbons (Fsp3) is 0.267. The molecule has 10 heteroatoms. The summed E-state index contributed by atoms with van der Waals surface area (Å²) in [6.07, 6.45) is 0.596. The monoisotopic (exact) mass is 543 g/mol. The molecule has 10 nitrogen and oxygen atoms in total. The molecule has 0 saturated carbocycles. The van der Waals surface area contributed by atoms with Crippen LogP contribution in [0.2, 0.25) is 0 Å². The van der Waals surface area contributed by atoms with Gasteiger partial charge < -0.3 is 31.7 Å². The minimum absolute atomic E-state index is 0.106. The summed E-state index contributed by atoms with van der Waals surface area (Å²) >= 11 is 0. The predicted octanol–water partition coefficient (Wildman–Crippen LogP) is 0.714. The lowest BCUT2D eigenvalue weighted by Crippen LogP contribution is -2.55. The summed E-state index contributed by atoms with van der Waals surface area (Å²) in [5.74, 6) is -1.96. The third kappa shape index (κ3) is 7.23. The molecule has 40 heavy (non-hydrogen) atoms. The number of primary amides is 1. The zero-order chi connectivity index (χ0) is 28.6. The Hall–Kier alpha value is -4.70. The number of nitrogens with two attached hydrogens (primary N) is 2. The lowest BCUT2D eigenvalue weighted by molar-refractivity contribution is -0.138. The van der Waals surface area contributed by atoms with E-state index in [1.165, 1.54) is 21.9 Å². The van der Waals surface area contributed by atoms with Gasteiger partial charge in [0.15, 0.2) is 0 Å². The topological polar surface area (TPSA) is 159 Å². The standard InChI is InChI=1S/C30H33N5O5/c31-24(15-22-11-13-23(36)14-12-22)30(40)34-18-27(37)35(19-34)26(17-21-9-5-2-6-10-21)29(39)33-25(28(32)38)16-20-7-3-1-4-8-20/h1-14,24-26,36H,15-19,31H2,(H2,32,38)(H,33,39)/t24-,25-,26-/m0/s1. The Labute approximate surface area is 232 Å². The molecular weight excluding hydrogens is 510 g/mol. The molecule has 0 bridgehead atoms. The highest BCUT2D eigenvalue weighted by Crippen LogP contribution is 2.18. The van der Waals surface area contributed by atoms with Crippen LogP contribution in [0.5, 0.6) is 5.75 Å². The van der Waals surface area contributed by atoms with E-state index in [1.54, 1.807) is 12.1 Å². The number of nitrogens with zero attached hydrogens (tertiary/aromatic N) is 2. The Morgan fingerprint density at radius 2 is 1.38 bits per heavy atom. The molecule has 4 amide bonds. The number of carbonyl (C=O) groups is 4. The van der Waals surface area contributed by atoms with E-state index in [1.807, 2.05) is 60.7 Å². The van der Waals surface area contributed by atoms with Crippen LogP contribution in [-0.2, 0) is 38.4 Å². The molecule has 3 atom stereocenters. The lowest BCUT2D eigenvalue weighted by Gasteiger charge is -2.29. The van der Waals surface area contributed by atoms with E-state index < -0.39 is 41.8 Å². The molecule has 1 fully saturated rings. The van der Waals surface area contributed by atoms with Crippen LogP contribution in [0, 0.1) is 0 Å². The number of benzene rings is 3. The minimum Gasteiger partial charge on any atom is -0.508 e. The summed E-state index contributed by atoms with van der Waals surface area (Å²) in [6.45, 7) is -0.338. The number of phenols is 1. The highest BCUT2D eigenvalue weighted by molar-refractivity contribution is 5.95. The Bertz CT molecular complexity index is 1330. The second kappa shape index (κ2) is 12.9. The molecule has 3 aromatic carbocycles. The summed E-state index contributed by atoms with van der Waals surface area (Å²) in [7, 11) is 0. The first-order valence-electron chi connectivity index (χ1n) is 13.0. The van der Waals surface area contributed by atoms with Gasteiger partial charge in [-0.15, -0.1) is 0 Å². The first kappa shape index (κ1) is 28.3. The van der Waals surface area contributed by atoms with Crippen molar-refractivity contribution in [3.8, 4) is 5.75 Å². The van der Waals surface area contributed by atoms with E-state index >= 15 is 0 Å². The first-order chi connectivity index (χ1) is 19.2. The van der Waals surface area contributed by atoms with Crippen LogP contribution in [0.25, 0.3) is 0 Å². The van der Waals surface area contributed by atoms with Gasteiger partial charge in [-0.25, -0.2) is 0 Å². The third-order valence-electron chi connectivity index (χ3n) is 6.88. The van der Waals surface area contributed by atoms with E-state index in [9.17, 15) is 24.3 Å². The highest BCUT2D eigenvalue weighted by atomic mass is 16.3. The Morgan fingerprint density at radius 3 is 1.95 bits per heavy atom. The maximum atomic E-state index is 13.6. The molecule has 3 aromatic rings. The van der Waals surface area contributed by atoms with Crippen LogP contribution in [0.4, 0.5) is 0 Å². The Morgan fingerprint density at radius 1 is 0.825 bits per heavy atom. The van der Waals surface area contributed by atoms with Gasteiger partial charge in [-0.1, -0.05) is 72.8 Å². The van der Waals surface area contributed by atoms with E-state index in [-0.39, 0.29) is 38.2 Å². The second-order valence-corrected chi connectivity index (χ2v) is 9.88. The van der Waals surface area contributed by atoms with Crippen molar-refractivity contribution in [3.63, 3.8) is 0 Å². The van der Waals surface area contributed by atoms with Gasteiger partial charge in [-0.2, -0.15) is 0 Å². The molecule has 4 rings (SSSR count). The van der Waals surface area contributed by atoms with Crippen molar-refractivity contribution in [3.05, 3.63) is 102 Å². The number of nitrogens with one attached hydrogen (secondary N) is 1. The summed E-state index contributed by atoms with van der Waals surface area (Å²) in [5.41, 5.74) is 14.2. The van der Waals surface area contributed by atoms with Crippen molar-refractivity contribution in [2.24, 2.45) is 11.5 Å². The summed E-state index contributed by atoms with van der Waals surface area (Å²) in [4.78, 5) is 54.8. The minimum atomic E-state index is -0.987. The largest absolute Gasteiger partial charge is 0.508 e. The number of aromatic hydroxyl groups is 1. The van der Waals surface area contributed by atoms with E-state index in [0.29, 0.717) is 0 Å². The highest BCUT2D eigenvalue weighted by Gasteiger charge is 2.40. The molecular formula is C30H33N5O5. The molecule has 1 aliphatic heterocycles. The number of rotatable bonds is 11. The number of hydrogen-bond donors (Lipinski definition) is 4. The molecule has 1 saturated heterocycles. The van der Waals surface area contributed by atoms with Crippen LogP contribution >= 0.6 is 0 Å². The molecule has 208 valence electrons. The average molecular weight is 544 g/mol. The fourth-order valence-electron chi connectivity index (χ4n) is 4.72. The lowest BCUT2D eigenvalue weighted by atomic mass is 10.0. The van der Waals surface area contributed by atoms with Crippen molar-refractivity contribution in [1.82, 2.24) is 15.1 Å². The van der Waals surface area contributed by atoms with Gasteiger partial charge in [-0.05, 0) is 35.2 Å². The van der Waals surface area contributed by atoms with Gasteiger partial charge in [0.2, 0.25) is 23.6 Å². The van der Waals surface area contributed by atoms with E-state index in [0.717, 1.165) is 16.7 Å². The Balaban J connectivity index is 1.50. The molecule has 0 aliphatic carbocycles. The molecule has 0 spiro atoms. The summed E-state index contributed by atoms with van der Waals surface area (Å²) in [6, 6.07) is 21.8. The van der Waals surface area contributed by atoms with Gasteiger partial charge in [0.25, 0.3) is 0 Å².